The van der Waals surface area contributed by atoms with Gasteiger partial charge in [0, 0.05) is 12.7 Å². The summed E-state index contributed by atoms with van der Waals surface area (Å²) < 4.78 is 10.3. The van der Waals surface area contributed by atoms with Crippen molar-refractivity contribution in [3.8, 4) is 0 Å². The smallest absolute Gasteiger partial charge is 0.0963 e. The van der Waals surface area contributed by atoms with Crippen LogP contribution in [0.3, 0.4) is 0 Å². The van der Waals surface area contributed by atoms with Crippen molar-refractivity contribution in [1.29, 1.82) is 0 Å². The number of hydrogen-bond donors (Lipinski definition) is 1. The minimum atomic E-state index is -0.844. The zero-order valence-corrected chi connectivity index (χ0v) is 9.91. The molecular formula is C12H20O3. The van der Waals surface area contributed by atoms with Crippen molar-refractivity contribution in [3.05, 3.63) is 24.2 Å². The van der Waals surface area contributed by atoms with E-state index in [1.807, 2.05) is 13.8 Å². The van der Waals surface area contributed by atoms with E-state index < -0.39 is 5.60 Å². The van der Waals surface area contributed by atoms with Gasteiger partial charge in [-0.05, 0) is 39.7 Å². The van der Waals surface area contributed by atoms with Crippen LogP contribution < -0.4 is 0 Å². The average Bonchev–Trinajstić information content (AvgIpc) is 2.69. The zero-order chi connectivity index (χ0) is 11.5. The lowest BCUT2D eigenvalue weighted by atomic mass is 9.88. The van der Waals surface area contributed by atoms with Crippen molar-refractivity contribution < 1.29 is 14.3 Å². The summed E-state index contributed by atoms with van der Waals surface area (Å²) in [7, 11) is 1.69. The molecule has 1 unspecified atom stereocenters. The monoisotopic (exact) mass is 212 g/mol. The molecule has 0 saturated carbocycles. The summed E-state index contributed by atoms with van der Waals surface area (Å²) in [4.78, 5) is 0. The first-order chi connectivity index (χ1) is 6.87. The Labute approximate surface area is 91.1 Å². The van der Waals surface area contributed by atoms with E-state index in [0.29, 0.717) is 6.42 Å². The van der Waals surface area contributed by atoms with Crippen LogP contribution in [0.4, 0.5) is 0 Å². The molecule has 0 radical (unpaired) electrons. The molecule has 0 spiro atoms. The van der Waals surface area contributed by atoms with E-state index in [0.717, 1.165) is 12.0 Å². The first kappa shape index (κ1) is 12.3. The standard InChI is InChI=1S/C12H20O3/c1-11(2,14-4)6-7-12(3,13)10-5-8-15-9-10/h5,8-9,13H,6-7H2,1-4H3. The molecule has 0 fully saturated rings. The number of rotatable bonds is 5. The van der Waals surface area contributed by atoms with Crippen molar-refractivity contribution in [3.63, 3.8) is 0 Å². The van der Waals surface area contributed by atoms with Crippen molar-refractivity contribution in [1.82, 2.24) is 0 Å². The molecule has 3 heteroatoms. The highest BCUT2D eigenvalue weighted by molar-refractivity contribution is 5.14. The number of furan rings is 1. The van der Waals surface area contributed by atoms with E-state index in [1.165, 1.54) is 0 Å². The number of hydrogen-bond acceptors (Lipinski definition) is 3. The van der Waals surface area contributed by atoms with E-state index in [9.17, 15) is 5.11 Å². The fourth-order valence-electron chi connectivity index (χ4n) is 1.36. The summed E-state index contributed by atoms with van der Waals surface area (Å²) in [6.07, 6.45) is 4.60. The third kappa shape index (κ3) is 3.36. The summed E-state index contributed by atoms with van der Waals surface area (Å²) in [6, 6.07) is 1.79. The van der Waals surface area contributed by atoms with Gasteiger partial charge < -0.3 is 14.3 Å². The molecule has 1 aromatic heterocycles. The molecule has 1 aromatic rings. The molecule has 0 aliphatic heterocycles. The summed E-state index contributed by atoms with van der Waals surface area (Å²) in [5.74, 6) is 0. The third-order valence-corrected chi connectivity index (χ3v) is 2.91. The molecule has 0 amide bonds. The van der Waals surface area contributed by atoms with Crippen molar-refractivity contribution in [2.75, 3.05) is 7.11 Å². The van der Waals surface area contributed by atoms with Crippen molar-refractivity contribution in [2.24, 2.45) is 0 Å². The molecule has 3 nitrogen and oxygen atoms in total. The lowest BCUT2D eigenvalue weighted by molar-refractivity contribution is -0.0213. The Hall–Kier alpha value is -0.800. The minimum Gasteiger partial charge on any atom is -0.472 e. The van der Waals surface area contributed by atoms with Gasteiger partial charge >= 0.3 is 0 Å². The van der Waals surface area contributed by atoms with E-state index in [2.05, 4.69) is 0 Å². The molecule has 1 rings (SSSR count). The van der Waals surface area contributed by atoms with Crippen LogP contribution in [-0.2, 0) is 10.3 Å². The third-order valence-electron chi connectivity index (χ3n) is 2.91. The second-order valence-electron chi connectivity index (χ2n) is 4.75. The Morgan fingerprint density at radius 2 is 2.00 bits per heavy atom. The fraction of sp³-hybridized carbons (Fsp3) is 0.667. The van der Waals surface area contributed by atoms with Gasteiger partial charge in [0.25, 0.3) is 0 Å². The minimum absolute atomic E-state index is 0.201. The van der Waals surface area contributed by atoms with Crippen LogP contribution in [0.15, 0.2) is 23.0 Å². The Morgan fingerprint density at radius 3 is 2.47 bits per heavy atom. The van der Waals surface area contributed by atoms with Gasteiger partial charge in [-0.15, -0.1) is 0 Å². The first-order valence-electron chi connectivity index (χ1n) is 5.18. The summed E-state index contributed by atoms with van der Waals surface area (Å²) >= 11 is 0. The van der Waals surface area contributed by atoms with E-state index >= 15 is 0 Å². The van der Waals surface area contributed by atoms with Gasteiger partial charge in [0.2, 0.25) is 0 Å². The largest absolute Gasteiger partial charge is 0.472 e. The predicted molar refractivity (Wildman–Crippen MR) is 58.6 cm³/mol. The second kappa shape index (κ2) is 4.37. The maximum Gasteiger partial charge on any atom is 0.0963 e. The Balaban J connectivity index is 2.58. The topological polar surface area (TPSA) is 42.6 Å². The van der Waals surface area contributed by atoms with E-state index in [-0.39, 0.29) is 5.60 Å². The molecule has 1 N–H and O–H groups in total. The highest BCUT2D eigenvalue weighted by Crippen LogP contribution is 2.29. The van der Waals surface area contributed by atoms with Crippen LogP contribution in [0.2, 0.25) is 0 Å². The van der Waals surface area contributed by atoms with Gasteiger partial charge in [-0.25, -0.2) is 0 Å². The quantitative estimate of drug-likeness (QED) is 0.816. The van der Waals surface area contributed by atoms with E-state index in [1.54, 1.807) is 32.6 Å². The molecule has 0 aliphatic carbocycles. The maximum absolute atomic E-state index is 10.2. The first-order valence-corrected chi connectivity index (χ1v) is 5.18. The summed E-state index contributed by atoms with van der Waals surface area (Å²) in [6.45, 7) is 5.82. The number of aliphatic hydroxyl groups is 1. The molecule has 1 heterocycles. The molecule has 1 atom stereocenters. The van der Waals surface area contributed by atoms with Gasteiger partial charge in [-0.2, -0.15) is 0 Å². The molecule has 0 saturated heterocycles. The van der Waals surface area contributed by atoms with Crippen LogP contribution >= 0.6 is 0 Å². The lowest BCUT2D eigenvalue weighted by Crippen LogP contribution is -2.28. The zero-order valence-electron chi connectivity index (χ0n) is 9.91. The maximum atomic E-state index is 10.2. The summed E-state index contributed by atoms with van der Waals surface area (Å²) in [5, 5.41) is 10.2. The second-order valence-corrected chi connectivity index (χ2v) is 4.75. The van der Waals surface area contributed by atoms with Gasteiger partial charge in [-0.1, -0.05) is 0 Å². The summed E-state index contributed by atoms with van der Waals surface area (Å²) in [5.41, 5.74) is -0.231. The molecule has 15 heavy (non-hydrogen) atoms. The molecule has 0 aromatic carbocycles. The fourth-order valence-corrected chi connectivity index (χ4v) is 1.36. The van der Waals surface area contributed by atoms with Crippen LogP contribution in [0.25, 0.3) is 0 Å². The normalized spacial score (nSPS) is 16.3. The van der Waals surface area contributed by atoms with Crippen LogP contribution in [-0.4, -0.2) is 17.8 Å². The van der Waals surface area contributed by atoms with Gasteiger partial charge in [0.05, 0.1) is 23.7 Å². The number of methoxy groups -OCH3 is 1. The Morgan fingerprint density at radius 1 is 1.33 bits per heavy atom. The van der Waals surface area contributed by atoms with Crippen LogP contribution in [0.5, 0.6) is 0 Å². The van der Waals surface area contributed by atoms with Crippen molar-refractivity contribution >= 4 is 0 Å². The van der Waals surface area contributed by atoms with E-state index in [4.69, 9.17) is 9.15 Å². The van der Waals surface area contributed by atoms with Gasteiger partial charge in [0.1, 0.15) is 0 Å². The molecule has 0 bridgehead atoms. The highest BCUT2D eigenvalue weighted by Gasteiger charge is 2.28. The van der Waals surface area contributed by atoms with Gasteiger partial charge in [0.15, 0.2) is 0 Å². The van der Waals surface area contributed by atoms with Gasteiger partial charge in [-0.3, -0.25) is 0 Å². The Kier molecular flexibility index (Phi) is 3.58. The Bertz CT molecular complexity index is 286. The predicted octanol–water partition coefficient (Wildman–Crippen LogP) is 2.69. The molecular weight excluding hydrogens is 192 g/mol. The molecule has 0 aliphatic rings. The molecule has 86 valence electrons. The average molecular weight is 212 g/mol. The highest BCUT2D eigenvalue weighted by atomic mass is 16.5. The lowest BCUT2D eigenvalue weighted by Gasteiger charge is -2.28. The van der Waals surface area contributed by atoms with Crippen molar-refractivity contribution in [2.45, 2.75) is 44.8 Å². The van der Waals surface area contributed by atoms with Crippen LogP contribution in [0.1, 0.15) is 39.2 Å². The SMILES string of the molecule is COC(C)(C)CCC(C)(O)c1ccoc1. The van der Waals surface area contributed by atoms with Crippen LogP contribution in [0, 0.1) is 0 Å². The number of ether oxygens (including phenoxy) is 1.